The molecule has 0 saturated heterocycles. The van der Waals surface area contributed by atoms with Crippen LogP contribution in [0.3, 0.4) is 0 Å². The number of benzene rings is 1. The lowest BCUT2D eigenvalue weighted by Gasteiger charge is -2.17. The average Bonchev–Trinajstić information content (AvgIpc) is 2.89. The first-order valence-corrected chi connectivity index (χ1v) is 6.36. The first kappa shape index (κ1) is 13.2. The van der Waals surface area contributed by atoms with Crippen molar-refractivity contribution in [2.75, 3.05) is 11.4 Å². The Balaban J connectivity index is 1.94. The molecule has 0 bridgehead atoms. The molecule has 0 radical (unpaired) electrons. The fourth-order valence-electron chi connectivity index (χ4n) is 2.44. The molecule has 2 heterocycles. The molecule has 0 spiro atoms. The largest absolute Gasteiger partial charge is 0.478 e. The third kappa shape index (κ3) is 2.35. The summed E-state index contributed by atoms with van der Waals surface area (Å²) in [4.78, 5) is 28.3. The zero-order valence-corrected chi connectivity index (χ0v) is 10.9. The number of aromatic nitrogens is 1. The molecule has 0 saturated carbocycles. The van der Waals surface area contributed by atoms with Gasteiger partial charge in [-0.2, -0.15) is 4.39 Å². The molecule has 3 rings (SSSR count). The highest BCUT2D eigenvalue weighted by Crippen LogP contribution is 2.30. The van der Waals surface area contributed by atoms with Crippen LogP contribution in [0.2, 0.25) is 0 Å². The van der Waals surface area contributed by atoms with Gasteiger partial charge in [0.05, 0.1) is 5.56 Å². The molecule has 0 unspecified atom stereocenters. The Bertz CT molecular complexity index is 745. The molecule has 21 heavy (non-hydrogen) atoms. The van der Waals surface area contributed by atoms with Gasteiger partial charge in [-0.25, -0.2) is 9.78 Å². The van der Waals surface area contributed by atoms with Crippen molar-refractivity contribution in [2.45, 2.75) is 6.42 Å². The molecule has 6 heteroatoms. The van der Waals surface area contributed by atoms with Crippen LogP contribution < -0.4 is 4.90 Å². The molecule has 0 atom stereocenters. The van der Waals surface area contributed by atoms with Crippen molar-refractivity contribution >= 4 is 17.6 Å². The zero-order valence-electron chi connectivity index (χ0n) is 10.9. The van der Waals surface area contributed by atoms with E-state index in [0.717, 1.165) is 11.6 Å². The minimum absolute atomic E-state index is 0.193. The van der Waals surface area contributed by atoms with Crippen LogP contribution in [0.25, 0.3) is 0 Å². The van der Waals surface area contributed by atoms with Gasteiger partial charge in [0, 0.05) is 30.1 Å². The van der Waals surface area contributed by atoms with E-state index in [-0.39, 0.29) is 17.0 Å². The van der Waals surface area contributed by atoms with Gasteiger partial charge in [-0.1, -0.05) is 0 Å². The van der Waals surface area contributed by atoms with Gasteiger partial charge in [-0.05, 0) is 36.2 Å². The molecule has 1 aromatic carbocycles. The van der Waals surface area contributed by atoms with Crippen LogP contribution in [0.5, 0.6) is 0 Å². The van der Waals surface area contributed by atoms with Gasteiger partial charge < -0.3 is 10.0 Å². The Morgan fingerprint density at radius 1 is 1.19 bits per heavy atom. The second-order valence-corrected chi connectivity index (χ2v) is 4.72. The minimum atomic E-state index is -1.00. The van der Waals surface area contributed by atoms with Crippen molar-refractivity contribution in [3.63, 3.8) is 0 Å². The topological polar surface area (TPSA) is 70.5 Å². The van der Waals surface area contributed by atoms with Gasteiger partial charge in [0.15, 0.2) is 0 Å². The zero-order chi connectivity index (χ0) is 15.0. The van der Waals surface area contributed by atoms with E-state index < -0.39 is 11.9 Å². The number of hydrogen-bond donors (Lipinski definition) is 1. The second-order valence-electron chi connectivity index (χ2n) is 4.72. The van der Waals surface area contributed by atoms with Gasteiger partial charge in [-0.3, -0.25) is 4.79 Å². The molecule has 1 aliphatic rings. The van der Waals surface area contributed by atoms with Gasteiger partial charge in [0.2, 0.25) is 5.95 Å². The van der Waals surface area contributed by atoms with Gasteiger partial charge in [0.1, 0.15) is 0 Å². The number of halogens is 1. The Morgan fingerprint density at radius 3 is 2.71 bits per heavy atom. The molecular weight excluding hydrogens is 275 g/mol. The number of rotatable bonds is 2. The standard InChI is InChI=1S/C15H11FN2O3/c16-13-8-10(3-5-17-13)14(19)18-6-4-9-7-11(15(20)21)1-2-12(9)18/h1-3,5,7-8H,4,6H2,(H,20,21). The van der Waals surface area contributed by atoms with E-state index in [2.05, 4.69) is 4.98 Å². The van der Waals surface area contributed by atoms with Crippen molar-refractivity contribution in [3.05, 3.63) is 59.2 Å². The highest BCUT2D eigenvalue weighted by Gasteiger charge is 2.26. The van der Waals surface area contributed by atoms with Gasteiger partial charge in [-0.15, -0.1) is 0 Å². The molecular formula is C15H11FN2O3. The summed E-state index contributed by atoms with van der Waals surface area (Å²) < 4.78 is 13.1. The summed E-state index contributed by atoms with van der Waals surface area (Å²) in [5.74, 6) is -2.03. The van der Waals surface area contributed by atoms with Crippen LogP contribution in [0.4, 0.5) is 10.1 Å². The second kappa shape index (κ2) is 4.97. The van der Waals surface area contributed by atoms with Crippen LogP contribution in [0.1, 0.15) is 26.3 Å². The predicted molar refractivity (Wildman–Crippen MR) is 73.0 cm³/mol. The monoisotopic (exact) mass is 286 g/mol. The number of fused-ring (bicyclic) bond motifs is 1. The highest BCUT2D eigenvalue weighted by molar-refractivity contribution is 6.07. The Kier molecular flexibility index (Phi) is 3.13. The van der Waals surface area contributed by atoms with E-state index in [1.54, 1.807) is 12.1 Å². The maximum absolute atomic E-state index is 13.1. The van der Waals surface area contributed by atoms with Crippen LogP contribution in [-0.2, 0) is 6.42 Å². The number of carboxylic acid groups (broad SMARTS) is 1. The summed E-state index contributed by atoms with van der Waals surface area (Å²) >= 11 is 0. The quantitative estimate of drug-likeness (QED) is 0.858. The summed E-state index contributed by atoms with van der Waals surface area (Å²) in [6, 6.07) is 7.18. The number of anilines is 1. The molecule has 0 fully saturated rings. The van der Waals surface area contributed by atoms with Crippen molar-refractivity contribution in [3.8, 4) is 0 Å². The molecule has 1 amide bonds. The van der Waals surface area contributed by atoms with Crippen LogP contribution >= 0.6 is 0 Å². The summed E-state index contributed by atoms with van der Waals surface area (Å²) in [5, 5.41) is 8.97. The Morgan fingerprint density at radius 2 is 2.00 bits per heavy atom. The van der Waals surface area contributed by atoms with Crippen molar-refractivity contribution in [2.24, 2.45) is 0 Å². The summed E-state index contributed by atoms with van der Waals surface area (Å²) in [7, 11) is 0. The highest BCUT2D eigenvalue weighted by atomic mass is 19.1. The fraction of sp³-hybridized carbons (Fsp3) is 0.133. The van der Waals surface area contributed by atoms with E-state index in [4.69, 9.17) is 5.11 Å². The molecule has 1 aromatic heterocycles. The predicted octanol–water partition coefficient (Wildman–Crippen LogP) is 2.12. The normalized spacial score (nSPS) is 13.1. The van der Waals surface area contributed by atoms with Crippen LogP contribution in [-0.4, -0.2) is 28.5 Å². The lowest BCUT2D eigenvalue weighted by Crippen LogP contribution is -2.29. The van der Waals surface area contributed by atoms with Gasteiger partial charge >= 0.3 is 5.97 Å². The first-order valence-electron chi connectivity index (χ1n) is 6.36. The van der Waals surface area contributed by atoms with E-state index in [1.165, 1.54) is 23.2 Å². The summed E-state index contributed by atoms with van der Waals surface area (Å²) in [5.41, 5.74) is 1.88. The van der Waals surface area contributed by atoms with Crippen LogP contribution in [0, 0.1) is 5.95 Å². The molecule has 1 aliphatic heterocycles. The fourth-order valence-corrected chi connectivity index (χ4v) is 2.44. The first-order chi connectivity index (χ1) is 10.1. The number of carboxylic acids is 1. The third-order valence-electron chi connectivity index (χ3n) is 3.44. The molecule has 106 valence electrons. The lowest BCUT2D eigenvalue weighted by molar-refractivity contribution is 0.0696. The number of hydrogen-bond acceptors (Lipinski definition) is 3. The molecule has 5 nitrogen and oxygen atoms in total. The summed E-state index contributed by atoms with van der Waals surface area (Å²) in [6.07, 6.45) is 1.82. The Labute approximate surface area is 119 Å². The lowest BCUT2D eigenvalue weighted by atomic mass is 10.1. The van der Waals surface area contributed by atoms with Crippen LogP contribution in [0.15, 0.2) is 36.5 Å². The number of carbonyl (C=O) groups excluding carboxylic acids is 1. The minimum Gasteiger partial charge on any atom is -0.478 e. The van der Waals surface area contributed by atoms with Crippen molar-refractivity contribution < 1.29 is 19.1 Å². The van der Waals surface area contributed by atoms with E-state index in [0.29, 0.717) is 18.7 Å². The molecule has 2 aromatic rings. The summed E-state index contributed by atoms with van der Waals surface area (Å²) in [6.45, 7) is 0.446. The van der Waals surface area contributed by atoms with E-state index in [1.807, 2.05) is 0 Å². The Hall–Kier alpha value is -2.76. The average molecular weight is 286 g/mol. The van der Waals surface area contributed by atoms with Crippen molar-refractivity contribution in [1.29, 1.82) is 0 Å². The SMILES string of the molecule is O=C(O)c1ccc2c(c1)CCN2C(=O)c1ccnc(F)c1. The smallest absolute Gasteiger partial charge is 0.335 e. The number of nitrogens with zero attached hydrogens (tertiary/aromatic N) is 2. The third-order valence-corrected chi connectivity index (χ3v) is 3.44. The van der Waals surface area contributed by atoms with E-state index >= 15 is 0 Å². The number of pyridine rings is 1. The molecule has 0 aliphatic carbocycles. The maximum atomic E-state index is 13.1. The maximum Gasteiger partial charge on any atom is 0.335 e. The molecule has 1 N–H and O–H groups in total. The number of amides is 1. The van der Waals surface area contributed by atoms with Crippen molar-refractivity contribution in [1.82, 2.24) is 4.98 Å². The number of aromatic carboxylic acids is 1. The number of carbonyl (C=O) groups is 2. The van der Waals surface area contributed by atoms with E-state index in [9.17, 15) is 14.0 Å². The van der Waals surface area contributed by atoms with Gasteiger partial charge in [0.25, 0.3) is 5.91 Å².